The molecule has 0 bridgehead atoms. The van der Waals surface area contributed by atoms with Gasteiger partial charge in [-0.15, -0.1) is 0 Å². The Morgan fingerprint density at radius 2 is 1.56 bits per heavy atom. The lowest BCUT2D eigenvalue weighted by Crippen LogP contribution is -2.38. The van der Waals surface area contributed by atoms with E-state index in [-0.39, 0.29) is 11.4 Å². The molecule has 4 aromatic carbocycles. The number of sulfonamides is 1. The molecule has 0 spiro atoms. The van der Waals surface area contributed by atoms with Crippen LogP contribution in [0, 0.1) is 20.8 Å². The lowest BCUT2D eigenvalue weighted by molar-refractivity contribution is -0.114. The van der Waals surface area contributed by atoms with Gasteiger partial charge in [0.25, 0.3) is 10.0 Å². The monoisotopic (exact) mass is 498 g/mol. The normalized spacial score (nSPS) is 11.6. The Kier molecular flexibility index (Phi) is 6.02. The highest BCUT2D eigenvalue weighted by atomic mass is 32.2. The molecule has 0 saturated carbocycles. The maximum atomic E-state index is 13.7. The van der Waals surface area contributed by atoms with E-state index in [1.165, 1.54) is 4.31 Å². The number of hydrogen-bond acceptors (Lipinski definition) is 4. The highest BCUT2D eigenvalue weighted by Crippen LogP contribution is 2.31. The molecule has 0 aliphatic heterocycles. The fourth-order valence-corrected chi connectivity index (χ4v) is 5.76. The number of aryl methyl sites for hydroxylation is 2. The quantitative estimate of drug-likeness (QED) is 0.296. The number of carbonyl (C=O) groups is 1. The van der Waals surface area contributed by atoms with Gasteiger partial charge in [0.05, 0.1) is 10.6 Å². The summed E-state index contributed by atoms with van der Waals surface area (Å²) in [6.07, 6.45) is 0. The number of furan rings is 1. The SMILES string of the molecule is Cc1ccc(S(=O)(=O)N(CC(=O)Nc2ccc3c(c2)oc2ccccc23)c2cccc(C)c2C)cc1. The number of nitrogens with zero attached hydrogens (tertiary/aromatic N) is 1. The van der Waals surface area contributed by atoms with Crippen molar-refractivity contribution < 1.29 is 17.6 Å². The van der Waals surface area contributed by atoms with E-state index in [2.05, 4.69) is 5.32 Å². The number of anilines is 2. The fraction of sp³-hybridized carbons (Fsp3) is 0.138. The zero-order valence-electron chi connectivity index (χ0n) is 20.3. The largest absolute Gasteiger partial charge is 0.456 e. The first-order valence-electron chi connectivity index (χ1n) is 11.6. The molecule has 0 aliphatic rings. The average molecular weight is 499 g/mol. The first-order valence-corrected chi connectivity index (χ1v) is 13.0. The van der Waals surface area contributed by atoms with Crippen LogP contribution in [0.5, 0.6) is 0 Å². The molecule has 7 heteroatoms. The van der Waals surface area contributed by atoms with Crippen LogP contribution in [0.3, 0.4) is 0 Å². The van der Waals surface area contributed by atoms with Gasteiger partial charge in [-0.1, -0.05) is 48.0 Å². The van der Waals surface area contributed by atoms with E-state index in [9.17, 15) is 13.2 Å². The van der Waals surface area contributed by atoms with Crippen LogP contribution in [-0.2, 0) is 14.8 Å². The van der Waals surface area contributed by atoms with E-state index in [0.717, 1.165) is 33.0 Å². The van der Waals surface area contributed by atoms with E-state index in [4.69, 9.17) is 4.42 Å². The van der Waals surface area contributed by atoms with Crippen LogP contribution in [0.15, 0.2) is 94.2 Å². The number of fused-ring (bicyclic) bond motifs is 3. The van der Waals surface area contributed by atoms with Gasteiger partial charge in [-0.05, 0) is 68.3 Å². The third kappa shape index (κ3) is 4.33. The summed E-state index contributed by atoms with van der Waals surface area (Å²) in [6, 6.07) is 25.2. The minimum absolute atomic E-state index is 0.130. The maximum Gasteiger partial charge on any atom is 0.264 e. The van der Waals surface area contributed by atoms with Crippen molar-refractivity contribution in [1.29, 1.82) is 0 Å². The van der Waals surface area contributed by atoms with Crippen molar-refractivity contribution in [1.82, 2.24) is 0 Å². The zero-order valence-corrected chi connectivity index (χ0v) is 21.1. The maximum absolute atomic E-state index is 13.7. The van der Waals surface area contributed by atoms with E-state index in [1.54, 1.807) is 48.5 Å². The summed E-state index contributed by atoms with van der Waals surface area (Å²) < 4.78 is 34.5. The van der Waals surface area contributed by atoms with Gasteiger partial charge in [-0.25, -0.2) is 8.42 Å². The second-order valence-electron chi connectivity index (χ2n) is 8.90. The minimum Gasteiger partial charge on any atom is -0.456 e. The Morgan fingerprint density at radius 3 is 2.33 bits per heavy atom. The molecular formula is C29H26N2O4S. The van der Waals surface area contributed by atoms with Crippen molar-refractivity contribution in [3.05, 3.63) is 102 Å². The molecule has 0 atom stereocenters. The smallest absolute Gasteiger partial charge is 0.264 e. The van der Waals surface area contributed by atoms with Crippen LogP contribution in [-0.4, -0.2) is 20.9 Å². The molecule has 1 N–H and O–H groups in total. The van der Waals surface area contributed by atoms with Crippen molar-refractivity contribution in [2.75, 3.05) is 16.2 Å². The summed E-state index contributed by atoms with van der Waals surface area (Å²) in [4.78, 5) is 13.3. The molecule has 6 nitrogen and oxygen atoms in total. The Hall–Kier alpha value is -4.10. The minimum atomic E-state index is -4.00. The molecule has 0 radical (unpaired) electrons. The van der Waals surface area contributed by atoms with Crippen LogP contribution in [0.25, 0.3) is 21.9 Å². The summed E-state index contributed by atoms with van der Waals surface area (Å²) in [5.74, 6) is -0.456. The van der Waals surface area contributed by atoms with Crippen molar-refractivity contribution in [2.45, 2.75) is 25.7 Å². The highest BCUT2D eigenvalue weighted by molar-refractivity contribution is 7.92. The Balaban J connectivity index is 1.48. The van der Waals surface area contributed by atoms with Gasteiger partial charge in [-0.2, -0.15) is 0 Å². The fourth-order valence-electron chi connectivity index (χ4n) is 4.28. The number of nitrogens with one attached hydrogen (secondary N) is 1. The molecule has 1 heterocycles. The molecule has 0 aliphatic carbocycles. The Labute approximate surface area is 210 Å². The van der Waals surface area contributed by atoms with Crippen molar-refractivity contribution >= 4 is 49.2 Å². The van der Waals surface area contributed by atoms with Gasteiger partial charge in [0, 0.05) is 22.5 Å². The lowest BCUT2D eigenvalue weighted by atomic mass is 10.1. The van der Waals surface area contributed by atoms with Gasteiger partial charge in [-0.3, -0.25) is 9.10 Å². The summed E-state index contributed by atoms with van der Waals surface area (Å²) in [5.41, 5.74) is 5.09. The zero-order chi connectivity index (χ0) is 25.4. The predicted molar refractivity (Wildman–Crippen MR) is 144 cm³/mol. The molecule has 182 valence electrons. The van der Waals surface area contributed by atoms with E-state index >= 15 is 0 Å². The number of carbonyl (C=O) groups excluding carboxylic acids is 1. The lowest BCUT2D eigenvalue weighted by Gasteiger charge is -2.26. The number of amides is 1. The summed E-state index contributed by atoms with van der Waals surface area (Å²) >= 11 is 0. The molecule has 5 rings (SSSR count). The third-order valence-corrected chi connectivity index (χ3v) is 8.18. The van der Waals surface area contributed by atoms with Crippen molar-refractivity contribution in [3.8, 4) is 0 Å². The topological polar surface area (TPSA) is 79.6 Å². The Morgan fingerprint density at radius 1 is 0.833 bits per heavy atom. The first kappa shape index (κ1) is 23.6. The van der Waals surface area contributed by atoms with Gasteiger partial charge in [0.1, 0.15) is 17.7 Å². The number of rotatable bonds is 6. The van der Waals surface area contributed by atoms with E-state index in [1.807, 2.05) is 57.2 Å². The van der Waals surface area contributed by atoms with Gasteiger partial charge < -0.3 is 9.73 Å². The number of benzene rings is 4. The van der Waals surface area contributed by atoms with Crippen LogP contribution < -0.4 is 9.62 Å². The Bertz CT molecular complexity index is 1700. The molecule has 1 aromatic heterocycles. The second kappa shape index (κ2) is 9.17. The van der Waals surface area contributed by atoms with Crippen molar-refractivity contribution in [2.24, 2.45) is 0 Å². The van der Waals surface area contributed by atoms with E-state index in [0.29, 0.717) is 17.0 Å². The van der Waals surface area contributed by atoms with Gasteiger partial charge in [0.2, 0.25) is 5.91 Å². The molecule has 5 aromatic rings. The number of para-hydroxylation sites is 1. The molecule has 0 fully saturated rings. The second-order valence-corrected chi connectivity index (χ2v) is 10.8. The molecule has 36 heavy (non-hydrogen) atoms. The standard InChI is InChI=1S/C29H26N2O4S/c1-19-11-14-23(15-12-19)36(33,34)31(26-9-6-7-20(2)21(26)3)18-29(32)30-22-13-16-25-24-8-4-5-10-27(24)35-28(25)17-22/h4-17H,18H2,1-3H3,(H,30,32). The first-order chi connectivity index (χ1) is 17.2. The summed E-state index contributed by atoms with van der Waals surface area (Å²) in [5, 5.41) is 4.78. The van der Waals surface area contributed by atoms with Crippen molar-refractivity contribution in [3.63, 3.8) is 0 Å². The number of hydrogen-bond donors (Lipinski definition) is 1. The van der Waals surface area contributed by atoms with Gasteiger partial charge in [0.15, 0.2) is 0 Å². The van der Waals surface area contributed by atoms with E-state index < -0.39 is 15.9 Å². The predicted octanol–water partition coefficient (Wildman–Crippen LogP) is 6.35. The van der Waals surface area contributed by atoms with Crippen LogP contribution in [0.2, 0.25) is 0 Å². The molecule has 1 amide bonds. The summed E-state index contributed by atoms with van der Waals surface area (Å²) in [6.45, 7) is 5.29. The van der Waals surface area contributed by atoms with Crippen LogP contribution >= 0.6 is 0 Å². The third-order valence-electron chi connectivity index (χ3n) is 6.40. The van der Waals surface area contributed by atoms with Gasteiger partial charge >= 0.3 is 0 Å². The summed E-state index contributed by atoms with van der Waals surface area (Å²) in [7, 11) is -4.00. The van der Waals surface area contributed by atoms with Crippen LogP contribution in [0.1, 0.15) is 16.7 Å². The molecular weight excluding hydrogens is 472 g/mol. The van der Waals surface area contributed by atoms with Crippen LogP contribution in [0.4, 0.5) is 11.4 Å². The highest BCUT2D eigenvalue weighted by Gasteiger charge is 2.28. The molecule has 0 saturated heterocycles. The molecule has 0 unspecified atom stereocenters. The average Bonchev–Trinajstić information content (AvgIpc) is 3.22.